The Morgan fingerprint density at radius 2 is 1.53 bits per heavy atom. The Bertz CT molecular complexity index is 2300. The maximum atomic E-state index is 6.81. The number of fused-ring (bicyclic) bond motifs is 3. The minimum Gasteiger partial charge on any atom is -0.457 e. The van der Waals surface area contributed by atoms with Crippen molar-refractivity contribution in [3.63, 3.8) is 0 Å². The molecule has 0 saturated heterocycles. The lowest BCUT2D eigenvalue weighted by Crippen LogP contribution is -2.31. The molecular weight excluding hydrogens is 649 g/mol. The first-order chi connectivity index (χ1) is 25.4. The van der Waals surface area contributed by atoms with E-state index in [1.54, 1.807) is 5.57 Å². The lowest BCUT2D eigenvalue weighted by Gasteiger charge is -2.41. The van der Waals surface area contributed by atoms with Crippen LogP contribution in [-0.4, -0.2) is 19.3 Å². The van der Waals surface area contributed by atoms with Crippen LogP contribution in [0, 0.1) is 43.4 Å². The minimum absolute atomic E-state index is 0.322. The van der Waals surface area contributed by atoms with E-state index in [-0.39, 0.29) is 0 Å². The first kappa shape index (κ1) is 36.7. The summed E-state index contributed by atoms with van der Waals surface area (Å²) < 4.78 is 11.3. The van der Waals surface area contributed by atoms with Crippen molar-refractivity contribution in [2.24, 2.45) is 29.6 Å². The zero-order valence-electron chi connectivity index (χ0n) is 33.7. The number of aromatic nitrogens is 4. The molecule has 3 aromatic carbocycles. The third-order valence-corrected chi connectivity index (χ3v) is 11.9. The molecule has 0 bridgehead atoms. The first-order valence-corrected chi connectivity index (χ1v) is 20.0. The maximum absolute atomic E-state index is 6.81. The quantitative estimate of drug-likeness (QED) is 0.133. The molecule has 3 heterocycles. The van der Waals surface area contributed by atoms with E-state index in [2.05, 4.69) is 164 Å². The Morgan fingerprint density at radius 1 is 0.774 bits per heavy atom. The van der Waals surface area contributed by atoms with Crippen LogP contribution in [0.4, 0.5) is 0 Å². The van der Waals surface area contributed by atoms with Gasteiger partial charge in [-0.05, 0) is 116 Å². The lowest BCUT2D eigenvalue weighted by molar-refractivity contribution is 0.232. The monoisotopic (exact) mass is 706 g/mol. The highest BCUT2D eigenvalue weighted by Gasteiger charge is 2.39. The van der Waals surface area contributed by atoms with Gasteiger partial charge in [0, 0.05) is 46.3 Å². The van der Waals surface area contributed by atoms with Crippen LogP contribution in [0.15, 0.2) is 90.6 Å². The Labute approximate surface area is 317 Å². The second-order valence-electron chi connectivity index (χ2n) is 16.8. The molecule has 5 nitrogen and oxygen atoms in total. The Hall–Kier alpha value is -4.64. The second kappa shape index (κ2) is 14.6. The highest BCUT2D eigenvalue weighted by atomic mass is 16.5. The molecule has 53 heavy (non-hydrogen) atoms. The fraction of sp³-hybridized carbons (Fsp3) is 0.417. The fourth-order valence-corrected chi connectivity index (χ4v) is 8.85. The fourth-order valence-electron chi connectivity index (χ4n) is 8.85. The van der Waals surface area contributed by atoms with Crippen molar-refractivity contribution in [3.8, 4) is 23.0 Å². The summed E-state index contributed by atoms with van der Waals surface area (Å²) >= 11 is 0. The van der Waals surface area contributed by atoms with Crippen LogP contribution in [0.2, 0.25) is 0 Å². The molecule has 276 valence electrons. The summed E-state index contributed by atoms with van der Waals surface area (Å²) in [5.74, 6) is 6.12. The number of benzene rings is 3. The van der Waals surface area contributed by atoms with E-state index in [0.29, 0.717) is 41.4 Å². The summed E-state index contributed by atoms with van der Waals surface area (Å²) in [5.41, 5.74) is 11.1. The Balaban J connectivity index is 1.32. The van der Waals surface area contributed by atoms with Gasteiger partial charge in [-0.15, -0.1) is 0 Å². The van der Waals surface area contributed by atoms with Gasteiger partial charge in [-0.3, -0.25) is 4.57 Å². The largest absolute Gasteiger partial charge is 0.457 e. The third kappa shape index (κ3) is 6.84. The minimum atomic E-state index is 0.322. The summed E-state index contributed by atoms with van der Waals surface area (Å²) in [7, 11) is 0. The van der Waals surface area contributed by atoms with Gasteiger partial charge in [0.2, 0.25) is 0 Å². The van der Waals surface area contributed by atoms with Gasteiger partial charge in [0.05, 0.1) is 22.4 Å². The van der Waals surface area contributed by atoms with Crippen molar-refractivity contribution in [3.05, 3.63) is 119 Å². The van der Waals surface area contributed by atoms with Gasteiger partial charge in [0.25, 0.3) is 0 Å². The van der Waals surface area contributed by atoms with Gasteiger partial charge in [-0.25, -0.2) is 9.67 Å². The predicted octanol–water partition coefficient (Wildman–Crippen LogP) is 13.1. The molecule has 5 heteroatoms. The topological polar surface area (TPSA) is 44.9 Å². The van der Waals surface area contributed by atoms with E-state index < -0.39 is 0 Å². The summed E-state index contributed by atoms with van der Waals surface area (Å²) in [5, 5.41) is 7.68. The summed E-state index contributed by atoms with van der Waals surface area (Å²) in [6, 6.07) is 26.0. The SMILES string of the molecule is CCc1ccnc(-n2c3ccccc3c3ccc(Oc4cc(C(C)C)cc(-n5nc(C)c(C6C(C(C)C)=C[C@H](C(C)C)C[C@@H]6C(C)C)c5C)c4)cc32)c1. The molecule has 0 saturated carbocycles. The highest BCUT2D eigenvalue weighted by Crippen LogP contribution is 2.50. The normalized spacial score (nSPS) is 17.9. The number of ether oxygens (including phenoxy) is 1. The number of rotatable bonds is 10. The molecule has 0 fully saturated rings. The molecule has 0 amide bonds. The van der Waals surface area contributed by atoms with Gasteiger partial charge < -0.3 is 4.74 Å². The molecule has 0 spiro atoms. The van der Waals surface area contributed by atoms with E-state index >= 15 is 0 Å². The molecule has 0 N–H and O–H groups in total. The van der Waals surface area contributed by atoms with Crippen molar-refractivity contribution < 1.29 is 4.74 Å². The summed E-state index contributed by atoms with van der Waals surface area (Å²) in [4.78, 5) is 4.82. The number of hydrogen-bond donors (Lipinski definition) is 0. The molecule has 0 aliphatic heterocycles. The lowest BCUT2D eigenvalue weighted by atomic mass is 9.63. The van der Waals surface area contributed by atoms with Crippen LogP contribution in [0.3, 0.4) is 0 Å². The molecule has 1 unspecified atom stereocenters. The zero-order chi connectivity index (χ0) is 37.7. The zero-order valence-corrected chi connectivity index (χ0v) is 33.7. The highest BCUT2D eigenvalue weighted by molar-refractivity contribution is 6.09. The van der Waals surface area contributed by atoms with E-state index in [4.69, 9.17) is 14.8 Å². The van der Waals surface area contributed by atoms with Crippen LogP contribution in [-0.2, 0) is 6.42 Å². The number of allylic oxidation sites excluding steroid dienone is 2. The third-order valence-electron chi connectivity index (χ3n) is 11.9. The van der Waals surface area contributed by atoms with Crippen LogP contribution in [0.25, 0.3) is 33.3 Å². The predicted molar refractivity (Wildman–Crippen MR) is 222 cm³/mol. The summed E-state index contributed by atoms with van der Waals surface area (Å²) in [6.07, 6.45) is 6.73. The molecule has 3 atom stereocenters. The van der Waals surface area contributed by atoms with Gasteiger partial charge in [0.1, 0.15) is 17.3 Å². The summed E-state index contributed by atoms with van der Waals surface area (Å²) in [6.45, 7) is 25.5. The Morgan fingerprint density at radius 3 is 2.23 bits per heavy atom. The molecule has 1 aliphatic carbocycles. The van der Waals surface area contributed by atoms with Gasteiger partial charge >= 0.3 is 0 Å². The van der Waals surface area contributed by atoms with Gasteiger partial charge in [-0.1, -0.05) is 92.2 Å². The average molecular weight is 707 g/mol. The van der Waals surface area contributed by atoms with E-state index in [0.717, 1.165) is 46.2 Å². The van der Waals surface area contributed by atoms with Gasteiger partial charge in [-0.2, -0.15) is 5.10 Å². The molecule has 7 rings (SSSR count). The van der Waals surface area contributed by atoms with Crippen molar-refractivity contribution in [1.82, 2.24) is 19.3 Å². The number of para-hydroxylation sites is 1. The smallest absolute Gasteiger partial charge is 0.137 e. The van der Waals surface area contributed by atoms with Crippen LogP contribution < -0.4 is 4.74 Å². The van der Waals surface area contributed by atoms with Crippen LogP contribution in [0.1, 0.15) is 109 Å². The molecule has 3 aromatic heterocycles. The average Bonchev–Trinajstić information content (AvgIpc) is 3.62. The molecule has 6 aromatic rings. The van der Waals surface area contributed by atoms with Crippen molar-refractivity contribution in [2.45, 2.75) is 101 Å². The van der Waals surface area contributed by atoms with Crippen LogP contribution >= 0.6 is 0 Å². The van der Waals surface area contributed by atoms with Crippen molar-refractivity contribution >= 4 is 21.8 Å². The maximum Gasteiger partial charge on any atom is 0.137 e. The molecular formula is C48H58N4O. The molecule has 1 aliphatic rings. The standard InChI is InChI=1S/C48H58N4O/c1-12-34-19-20-49-46(21-34)51-44-16-14-13-15-40(44)41-18-17-38(27-45(41)51)53-39-23-35(28(2)3)22-37(26-39)52-33(11)47(32(10)50-52)48-42(30(6)7)24-36(29(4)5)25-43(48)31(8)9/h13-24,26-31,36,43,48H,12,25H2,1-11H3/t36-,43+,48?/m0/s1. The number of aryl methyl sites for hydroxylation is 2. The first-order valence-electron chi connectivity index (χ1n) is 20.0. The van der Waals surface area contributed by atoms with E-state index in [1.807, 2.05) is 6.20 Å². The van der Waals surface area contributed by atoms with E-state index in [9.17, 15) is 0 Å². The molecule has 0 radical (unpaired) electrons. The van der Waals surface area contributed by atoms with Crippen molar-refractivity contribution in [1.29, 1.82) is 0 Å². The van der Waals surface area contributed by atoms with E-state index in [1.165, 1.54) is 39.6 Å². The Kier molecular flexibility index (Phi) is 10.1. The second-order valence-corrected chi connectivity index (χ2v) is 16.8. The number of hydrogen-bond acceptors (Lipinski definition) is 3. The van der Waals surface area contributed by atoms with Crippen molar-refractivity contribution in [2.75, 3.05) is 0 Å². The number of pyridine rings is 1. The van der Waals surface area contributed by atoms with Crippen LogP contribution in [0.5, 0.6) is 11.5 Å². The van der Waals surface area contributed by atoms with Gasteiger partial charge in [0.15, 0.2) is 0 Å². The number of nitrogens with zero attached hydrogens (tertiary/aromatic N) is 4.